The van der Waals surface area contributed by atoms with Gasteiger partial charge in [0.05, 0.1) is 0 Å². The zero-order valence-electron chi connectivity index (χ0n) is 8.02. The van der Waals surface area contributed by atoms with E-state index in [1.54, 1.807) is 0 Å². The Morgan fingerprint density at radius 2 is 2.08 bits per heavy atom. The summed E-state index contributed by atoms with van der Waals surface area (Å²) in [5, 5.41) is 0. The SMILES string of the molecule is CCCCC(=O)N(C)CC=C(F)F. The van der Waals surface area contributed by atoms with Crippen molar-refractivity contribution in [2.75, 3.05) is 13.6 Å². The van der Waals surface area contributed by atoms with E-state index in [1.807, 2.05) is 6.92 Å². The molecule has 0 aliphatic heterocycles. The van der Waals surface area contributed by atoms with Crippen LogP contribution in [-0.2, 0) is 4.79 Å². The van der Waals surface area contributed by atoms with E-state index in [0.29, 0.717) is 6.42 Å². The highest BCUT2D eigenvalue weighted by Crippen LogP contribution is 2.01. The second-order valence-electron chi connectivity index (χ2n) is 2.87. The van der Waals surface area contributed by atoms with Crippen LogP contribution in [0, 0.1) is 0 Å². The molecule has 0 aromatic heterocycles. The number of rotatable bonds is 5. The van der Waals surface area contributed by atoms with E-state index < -0.39 is 6.08 Å². The molecular weight excluding hydrogens is 176 g/mol. The average molecular weight is 191 g/mol. The maximum absolute atomic E-state index is 11.6. The zero-order chi connectivity index (χ0) is 10.3. The van der Waals surface area contributed by atoms with Gasteiger partial charge >= 0.3 is 0 Å². The van der Waals surface area contributed by atoms with Crippen molar-refractivity contribution in [2.24, 2.45) is 0 Å². The van der Waals surface area contributed by atoms with Crippen LogP contribution in [0.5, 0.6) is 0 Å². The summed E-state index contributed by atoms with van der Waals surface area (Å²) < 4.78 is 23.3. The molecular formula is C9H15F2NO. The quantitative estimate of drug-likeness (QED) is 0.653. The summed E-state index contributed by atoms with van der Waals surface area (Å²) in [5.41, 5.74) is 0. The number of likely N-dealkylation sites (N-methyl/N-ethyl adjacent to an activating group) is 1. The van der Waals surface area contributed by atoms with Crippen LogP contribution in [-0.4, -0.2) is 24.4 Å². The van der Waals surface area contributed by atoms with Crippen LogP contribution >= 0.6 is 0 Å². The monoisotopic (exact) mass is 191 g/mol. The van der Waals surface area contributed by atoms with Gasteiger partial charge in [0.25, 0.3) is 6.08 Å². The van der Waals surface area contributed by atoms with Gasteiger partial charge in [-0.1, -0.05) is 13.3 Å². The molecule has 0 rings (SSSR count). The molecule has 13 heavy (non-hydrogen) atoms. The van der Waals surface area contributed by atoms with Gasteiger partial charge in [0.2, 0.25) is 5.91 Å². The number of carbonyl (C=O) groups is 1. The van der Waals surface area contributed by atoms with E-state index in [2.05, 4.69) is 0 Å². The van der Waals surface area contributed by atoms with Crippen LogP contribution < -0.4 is 0 Å². The molecule has 0 saturated carbocycles. The van der Waals surface area contributed by atoms with Gasteiger partial charge in [-0.3, -0.25) is 4.79 Å². The van der Waals surface area contributed by atoms with Crippen LogP contribution in [0.25, 0.3) is 0 Å². The van der Waals surface area contributed by atoms with Crippen molar-refractivity contribution in [3.8, 4) is 0 Å². The van der Waals surface area contributed by atoms with Crippen molar-refractivity contribution in [3.63, 3.8) is 0 Å². The molecule has 0 N–H and O–H groups in total. The zero-order valence-corrected chi connectivity index (χ0v) is 8.02. The van der Waals surface area contributed by atoms with Gasteiger partial charge < -0.3 is 4.90 Å². The fraction of sp³-hybridized carbons (Fsp3) is 0.667. The molecule has 0 spiro atoms. The molecule has 0 bridgehead atoms. The van der Waals surface area contributed by atoms with Gasteiger partial charge in [-0.2, -0.15) is 8.78 Å². The lowest BCUT2D eigenvalue weighted by Crippen LogP contribution is -2.26. The first-order valence-electron chi connectivity index (χ1n) is 4.33. The summed E-state index contributed by atoms with van der Waals surface area (Å²) in [7, 11) is 1.53. The molecule has 0 unspecified atom stereocenters. The molecule has 0 fully saturated rings. The lowest BCUT2D eigenvalue weighted by Gasteiger charge is -2.13. The third-order valence-electron chi connectivity index (χ3n) is 1.69. The molecule has 0 saturated heterocycles. The van der Waals surface area contributed by atoms with Gasteiger partial charge in [-0.25, -0.2) is 0 Å². The summed E-state index contributed by atoms with van der Waals surface area (Å²) in [6.07, 6.45) is 1.19. The van der Waals surface area contributed by atoms with Crippen molar-refractivity contribution in [1.82, 2.24) is 4.90 Å². The van der Waals surface area contributed by atoms with Gasteiger partial charge in [0.15, 0.2) is 0 Å². The third-order valence-corrected chi connectivity index (χ3v) is 1.69. The largest absolute Gasteiger partial charge is 0.342 e. The molecule has 4 heteroatoms. The predicted octanol–water partition coefficient (Wildman–Crippen LogP) is 2.42. The van der Waals surface area contributed by atoms with Crippen molar-refractivity contribution >= 4 is 5.91 Å². The minimum Gasteiger partial charge on any atom is -0.342 e. The molecule has 0 aromatic rings. The van der Waals surface area contributed by atoms with Gasteiger partial charge in [0.1, 0.15) is 0 Å². The second kappa shape index (κ2) is 6.57. The summed E-state index contributed by atoms with van der Waals surface area (Å²) >= 11 is 0. The minimum absolute atomic E-state index is 0.00905. The Balaban J connectivity index is 3.76. The standard InChI is InChI=1S/C9H15F2NO/c1-3-4-5-9(13)12(2)7-6-8(10)11/h6H,3-5,7H2,1-2H3. The van der Waals surface area contributed by atoms with Crippen LogP contribution in [0.2, 0.25) is 0 Å². The fourth-order valence-electron chi connectivity index (χ4n) is 0.827. The average Bonchev–Trinajstić information content (AvgIpc) is 2.10. The van der Waals surface area contributed by atoms with E-state index in [0.717, 1.165) is 18.9 Å². The molecule has 0 aromatic carbocycles. The van der Waals surface area contributed by atoms with Crippen LogP contribution in [0.1, 0.15) is 26.2 Å². The van der Waals surface area contributed by atoms with Crippen molar-refractivity contribution in [1.29, 1.82) is 0 Å². The molecule has 0 heterocycles. The molecule has 0 radical (unpaired) electrons. The summed E-state index contributed by atoms with van der Waals surface area (Å²) in [6, 6.07) is 0. The summed E-state index contributed by atoms with van der Waals surface area (Å²) in [5.74, 6) is -0.0839. The maximum atomic E-state index is 11.6. The van der Waals surface area contributed by atoms with Crippen LogP contribution in [0.15, 0.2) is 12.2 Å². The molecule has 76 valence electrons. The van der Waals surface area contributed by atoms with E-state index in [9.17, 15) is 13.6 Å². The van der Waals surface area contributed by atoms with E-state index in [4.69, 9.17) is 0 Å². The Bertz CT molecular complexity index is 188. The topological polar surface area (TPSA) is 20.3 Å². The Morgan fingerprint density at radius 3 is 2.54 bits per heavy atom. The van der Waals surface area contributed by atoms with E-state index in [-0.39, 0.29) is 12.5 Å². The van der Waals surface area contributed by atoms with Crippen molar-refractivity contribution in [2.45, 2.75) is 26.2 Å². The minimum atomic E-state index is -1.74. The lowest BCUT2D eigenvalue weighted by molar-refractivity contribution is -0.129. The number of carbonyl (C=O) groups excluding carboxylic acids is 1. The van der Waals surface area contributed by atoms with Crippen LogP contribution in [0.4, 0.5) is 8.78 Å². The second-order valence-corrected chi connectivity index (χ2v) is 2.87. The molecule has 0 atom stereocenters. The number of hydrogen-bond donors (Lipinski definition) is 0. The Hall–Kier alpha value is -0.930. The molecule has 2 nitrogen and oxygen atoms in total. The molecule has 0 aliphatic rings. The molecule has 0 aliphatic carbocycles. The Morgan fingerprint density at radius 1 is 1.46 bits per heavy atom. The van der Waals surface area contributed by atoms with Crippen molar-refractivity contribution in [3.05, 3.63) is 12.2 Å². The Kier molecular flexibility index (Phi) is 6.10. The van der Waals surface area contributed by atoms with E-state index in [1.165, 1.54) is 11.9 Å². The highest BCUT2D eigenvalue weighted by atomic mass is 19.3. The number of nitrogens with zero attached hydrogens (tertiary/aromatic N) is 1. The highest BCUT2D eigenvalue weighted by molar-refractivity contribution is 5.75. The summed E-state index contributed by atoms with van der Waals surface area (Å²) in [6.45, 7) is 1.97. The van der Waals surface area contributed by atoms with Gasteiger partial charge in [0, 0.05) is 26.1 Å². The lowest BCUT2D eigenvalue weighted by atomic mass is 10.2. The first-order valence-corrected chi connectivity index (χ1v) is 4.33. The van der Waals surface area contributed by atoms with Gasteiger partial charge in [-0.05, 0) is 6.42 Å². The summed E-state index contributed by atoms with van der Waals surface area (Å²) in [4.78, 5) is 12.5. The first kappa shape index (κ1) is 12.1. The van der Waals surface area contributed by atoms with Gasteiger partial charge in [-0.15, -0.1) is 0 Å². The maximum Gasteiger partial charge on any atom is 0.268 e. The number of unbranched alkanes of at least 4 members (excludes halogenated alkanes) is 1. The normalized spacial score (nSPS) is 9.54. The first-order chi connectivity index (χ1) is 6.07. The highest BCUT2D eigenvalue weighted by Gasteiger charge is 2.06. The van der Waals surface area contributed by atoms with Crippen LogP contribution in [0.3, 0.4) is 0 Å². The predicted molar refractivity (Wildman–Crippen MR) is 47.5 cm³/mol. The molecule has 1 amide bonds. The number of amides is 1. The van der Waals surface area contributed by atoms with E-state index >= 15 is 0 Å². The fourth-order valence-corrected chi connectivity index (χ4v) is 0.827. The Labute approximate surface area is 77.2 Å². The third kappa shape index (κ3) is 6.25. The van der Waals surface area contributed by atoms with Crippen molar-refractivity contribution < 1.29 is 13.6 Å². The number of hydrogen-bond acceptors (Lipinski definition) is 1. The number of halogens is 2. The smallest absolute Gasteiger partial charge is 0.268 e.